The standard InChI is InChI=1S/C20H26N4O/c1-4-23-8-10-24(11-9-23)20(25)17-12-18(14-21-13-17)22-19-15(2)6-5-7-16(19)3/h5-7,12-14,22H,4,8-11H2,1-3H3. The van der Waals surface area contributed by atoms with Gasteiger partial charge in [0.1, 0.15) is 0 Å². The summed E-state index contributed by atoms with van der Waals surface area (Å²) in [4.78, 5) is 21.3. The molecule has 0 saturated carbocycles. The second kappa shape index (κ2) is 7.66. The van der Waals surface area contributed by atoms with Crippen LogP contribution in [0.15, 0.2) is 36.7 Å². The van der Waals surface area contributed by atoms with Gasteiger partial charge in [-0.05, 0) is 37.6 Å². The van der Waals surface area contributed by atoms with Crippen LogP contribution in [0.2, 0.25) is 0 Å². The Kier molecular flexibility index (Phi) is 5.34. The molecule has 0 unspecified atom stereocenters. The van der Waals surface area contributed by atoms with Crippen molar-refractivity contribution in [3.8, 4) is 0 Å². The fourth-order valence-corrected chi connectivity index (χ4v) is 3.23. The largest absolute Gasteiger partial charge is 0.354 e. The molecule has 0 radical (unpaired) electrons. The van der Waals surface area contributed by atoms with E-state index in [-0.39, 0.29) is 5.91 Å². The van der Waals surface area contributed by atoms with Gasteiger partial charge in [0.25, 0.3) is 5.91 Å². The van der Waals surface area contributed by atoms with Crippen molar-refractivity contribution < 1.29 is 4.79 Å². The molecule has 1 aliphatic heterocycles. The number of anilines is 2. The average Bonchev–Trinajstić information content (AvgIpc) is 2.64. The van der Waals surface area contributed by atoms with E-state index >= 15 is 0 Å². The number of carbonyl (C=O) groups excluding carboxylic acids is 1. The first-order valence-electron chi connectivity index (χ1n) is 8.88. The molecule has 2 aromatic rings. The summed E-state index contributed by atoms with van der Waals surface area (Å²) in [7, 11) is 0. The predicted molar refractivity (Wildman–Crippen MR) is 101 cm³/mol. The molecule has 132 valence electrons. The zero-order valence-corrected chi connectivity index (χ0v) is 15.2. The molecular formula is C20H26N4O. The van der Waals surface area contributed by atoms with E-state index in [1.165, 1.54) is 11.1 Å². The smallest absolute Gasteiger partial charge is 0.255 e. The fourth-order valence-electron chi connectivity index (χ4n) is 3.23. The van der Waals surface area contributed by atoms with Gasteiger partial charge < -0.3 is 15.1 Å². The fraction of sp³-hybridized carbons (Fsp3) is 0.400. The summed E-state index contributed by atoms with van der Waals surface area (Å²) in [6.07, 6.45) is 3.42. The molecule has 1 amide bonds. The van der Waals surface area contributed by atoms with Gasteiger partial charge in [-0.1, -0.05) is 25.1 Å². The molecule has 1 aromatic heterocycles. The second-order valence-corrected chi connectivity index (χ2v) is 6.58. The van der Waals surface area contributed by atoms with E-state index in [0.717, 1.165) is 44.1 Å². The highest BCUT2D eigenvalue weighted by molar-refractivity contribution is 5.95. The number of nitrogens with one attached hydrogen (secondary N) is 1. The van der Waals surface area contributed by atoms with Crippen LogP contribution in [0.1, 0.15) is 28.4 Å². The van der Waals surface area contributed by atoms with Gasteiger partial charge in [-0.25, -0.2) is 0 Å². The number of nitrogens with zero attached hydrogens (tertiary/aromatic N) is 3. The van der Waals surface area contributed by atoms with Gasteiger partial charge in [-0.15, -0.1) is 0 Å². The first-order chi connectivity index (χ1) is 12.1. The third kappa shape index (κ3) is 3.99. The third-order valence-electron chi connectivity index (χ3n) is 4.84. The van der Waals surface area contributed by atoms with Gasteiger partial charge in [0, 0.05) is 38.1 Å². The van der Waals surface area contributed by atoms with Crippen LogP contribution in [-0.4, -0.2) is 53.4 Å². The molecule has 5 heteroatoms. The van der Waals surface area contributed by atoms with Gasteiger partial charge in [-0.2, -0.15) is 0 Å². The molecule has 3 rings (SSSR count). The summed E-state index contributed by atoms with van der Waals surface area (Å²) < 4.78 is 0. The minimum absolute atomic E-state index is 0.0633. The first kappa shape index (κ1) is 17.4. The van der Waals surface area contributed by atoms with E-state index in [2.05, 4.69) is 48.1 Å². The Bertz CT molecular complexity index is 731. The monoisotopic (exact) mass is 338 g/mol. The summed E-state index contributed by atoms with van der Waals surface area (Å²) in [5.74, 6) is 0.0633. The van der Waals surface area contributed by atoms with Crippen LogP contribution in [-0.2, 0) is 0 Å². The minimum Gasteiger partial charge on any atom is -0.354 e. The highest BCUT2D eigenvalue weighted by Crippen LogP contribution is 2.24. The number of aromatic nitrogens is 1. The maximum absolute atomic E-state index is 12.8. The number of aryl methyl sites for hydroxylation is 2. The molecule has 25 heavy (non-hydrogen) atoms. The molecule has 0 spiro atoms. The zero-order chi connectivity index (χ0) is 17.8. The van der Waals surface area contributed by atoms with Crippen LogP contribution < -0.4 is 5.32 Å². The lowest BCUT2D eigenvalue weighted by Gasteiger charge is -2.34. The first-order valence-corrected chi connectivity index (χ1v) is 8.88. The van der Waals surface area contributed by atoms with E-state index in [1.54, 1.807) is 12.4 Å². The van der Waals surface area contributed by atoms with Crippen molar-refractivity contribution in [2.75, 3.05) is 38.0 Å². The van der Waals surface area contributed by atoms with Gasteiger partial charge in [-0.3, -0.25) is 9.78 Å². The molecule has 0 aliphatic carbocycles. The lowest BCUT2D eigenvalue weighted by molar-refractivity contribution is 0.0643. The SMILES string of the molecule is CCN1CCN(C(=O)c2cncc(Nc3c(C)cccc3C)c2)CC1. The minimum atomic E-state index is 0.0633. The highest BCUT2D eigenvalue weighted by Gasteiger charge is 2.21. The Labute approximate surface area is 149 Å². The lowest BCUT2D eigenvalue weighted by atomic mass is 10.1. The van der Waals surface area contributed by atoms with Crippen molar-refractivity contribution >= 4 is 17.3 Å². The van der Waals surface area contributed by atoms with Crippen molar-refractivity contribution in [1.82, 2.24) is 14.8 Å². The number of hydrogen-bond donors (Lipinski definition) is 1. The predicted octanol–water partition coefficient (Wildman–Crippen LogP) is 3.22. The van der Waals surface area contributed by atoms with E-state index < -0.39 is 0 Å². The van der Waals surface area contributed by atoms with E-state index in [1.807, 2.05) is 17.0 Å². The molecule has 1 N–H and O–H groups in total. The third-order valence-corrected chi connectivity index (χ3v) is 4.84. The van der Waals surface area contributed by atoms with Crippen LogP contribution in [0.3, 0.4) is 0 Å². The van der Waals surface area contributed by atoms with Crippen molar-refractivity contribution in [3.05, 3.63) is 53.3 Å². The van der Waals surface area contributed by atoms with E-state index in [0.29, 0.717) is 5.56 Å². The van der Waals surface area contributed by atoms with E-state index in [9.17, 15) is 4.79 Å². The number of amides is 1. The van der Waals surface area contributed by atoms with E-state index in [4.69, 9.17) is 0 Å². The molecule has 2 heterocycles. The van der Waals surface area contributed by atoms with Crippen molar-refractivity contribution in [3.63, 3.8) is 0 Å². The molecule has 0 atom stereocenters. The Balaban J connectivity index is 1.74. The van der Waals surface area contributed by atoms with Gasteiger partial charge in [0.15, 0.2) is 0 Å². The average molecular weight is 338 g/mol. The molecule has 5 nitrogen and oxygen atoms in total. The summed E-state index contributed by atoms with van der Waals surface area (Å²) in [6, 6.07) is 8.09. The summed E-state index contributed by atoms with van der Waals surface area (Å²) in [5, 5.41) is 3.41. The number of carbonyl (C=O) groups is 1. The molecule has 1 aliphatic rings. The molecule has 1 fully saturated rings. The van der Waals surface area contributed by atoms with Gasteiger partial charge in [0.05, 0.1) is 17.4 Å². The Morgan fingerprint density at radius 3 is 2.44 bits per heavy atom. The number of para-hydroxylation sites is 1. The Hall–Kier alpha value is -2.40. The Morgan fingerprint density at radius 2 is 1.80 bits per heavy atom. The quantitative estimate of drug-likeness (QED) is 0.930. The molecular weight excluding hydrogens is 312 g/mol. The summed E-state index contributed by atoms with van der Waals surface area (Å²) in [6.45, 7) is 10.8. The van der Waals surface area contributed by atoms with Crippen LogP contribution in [0.25, 0.3) is 0 Å². The zero-order valence-electron chi connectivity index (χ0n) is 15.2. The van der Waals surface area contributed by atoms with Crippen molar-refractivity contribution in [1.29, 1.82) is 0 Å². The summed E-state index contributed by atoms with van der Waals surface area (Å²) in [5.41, 5.74) is 4.90. The summed E-state index contributed by atoms with van der Waals surface area (Å²) >= 11 is 0. The maximum atomic E-state index is 12.8. The highest BCUT2D eigenvalue weighted by atomic mass is 16.2. The second-order valence-electron chi connectivity index (χ2n) is 6.58. The van der Waals surface area contributed by atoms with Crippen LogP contribution in [0, 0.1) is 13.8 Å². The van der Waals surface area contributed by atoms with Crippen LogP contribution in [0.4, 0.5) is 11.4 Å². The maximum Gasteiger partial charge on any atom is 0.255 e. The molecule has 1 aromatic carbocycles. The lowest BCUT2D eigenvalue weighted by Crippen LogP contribution is -2.48. The number of pyridine rings is 1. The number of hydrogen-bond acceptors (Lipinski definition) is 4. The Morgan fingerprint density at radius 1 is 1.12 bits per heavy atom. The van der Waals surface area contributed by atoms with Gasteiger partial charge >= 0.3 is 0 Å². The number of rotatable bonds is 4. The molecule has 1 saturated heterocycles. The van der Waals surface area contributed by atoms with Crippen molar-refractivity contribution in [2.45, 2.75) is 20.8 Å². The topological polar surface area (TPSA) is 48.5 Å². The van der Waals surface area contributed by atoms with Crippen molar-refractivity contribution in [2.24, 2.45) is 0 Å². The van der Waals surface area contributed by atoms with Crippen LogP contribution in [0.5, 0.6) is 0 Å². The number of likely N-dealkylation sites (N-methyl/N-ethyl adjacent to an activating group) is 1. The van der Waals surface area contributed by atoms with Crippen LogP contribution >= 0.6 is 0 Å². The van der Waals surface area contributed by atoms with Gasteiger partial charge in [0.2, 0.25) is 0 Å². The molecule has 0 bridgehead atoms. The number of piperazine rings is 1. The normalized spacial score (nSPS) is 15.2. The number of benzene rings is 1.